The molecule has 0 spiro atoms. The normalized spacial score (nSPS) is 13.1. The predicted molar refractivity (Wildman–Crippen MR) is 46.8 cm³/mol. The van der Waals surface area contributed by atoms with Crippen LogP contribution in [0, 0.1) is 0 Å². The Labute approximate surface area is 77.3 Å². The van der Waals surface area contributed by atoms with Crippen LogP contribution in [0.2, 0.25) is 0 Å². The van der Waals surface area contributed by atoms with Crippen molar-refractivity contribution in [2.24, 2.45) is 11.5 Å². The Bertz CT molecular complexity index is 298. The lowest BCUT2D eigenvalue weighted by molar-refractivity contribution is 0.462. The van der Waals surface area contributed by atoms with Gasteiger partial charge in [0.25, 0.3) is 20.2 Å². The van der Waals surface area contributed by atoms with Gasteiger partial charge in [-0.2, -0.15) is 16.8 Å². The summed E-state index contributed by atoms with van der Waals surface area (Å²) in [6.07, 6.45) is 0. The molecular weight excluding hydrogens is 220 g/mol. The summed E-state index contributed by atoms with van der Waals surface area (Å²) >= 11 is 0. The Kier molecular flexibility index (Phi) is 4.78. The van der Waals surface area contributed by atoms with Gasteiger partial charge in [0, 0.05) is 13.1 Å². The molecule has 0 saturated carbocycles. The van der Waals surface area contributed by atoms with Crippen LogP contribution in [0.5, 0.6) is 0 Å². The van der Waals surface area contributed by atoms with Crippen LogP contribution >= 0.6 is 0 Å². The summed E-state index contributed by atoms with van der Waals surface area (Å²) in [7, 11) is -8.16. The van der Waals surface area contributed by atoms with E-state index in [1.807, 2.05) is 0 Å². The number of hydrogen-bond acceptors (Lipinski definition) is 7. The van der Waals surface area contributed by atoms with Gasteiger partial charge in [0.05, 0.1) is 11.5 Å². The maximum atomic E-state index is 10.8. The summed E-state index contributed by atoms with van der Waals surface area (Å²) in [6, 6.07) is 0. The maximum absolute atomic E-state index is 10.8. The Morgan fingerprint density at radius 1 is 0.846 bits per heavy atom. The molecule has 0 aromatic carbocycles. The molecule has 0 saturated heterocycles. The van der Waals surface area contributed by atoms with Crippen LogP contribution in [0.4, 0.5) is 0 Å². The van der Waals surface area contributed by atoms with Gasteiger partial charge < -0.3 is 11.5 Å². The van der Waals surface area contributed by atoms with Crippen molar-refractivity contribution in [3.63, 3.8) is 0 Å². The van der Waals surface area contributed by atoms with E-state index >= 15 is 0 Å². The zero-order valence-corrected chi connectivity index (χ0v) is 8.47. The van der Waals surface area contributed by atoms with Crippen molar-refractivity contribution < 1.29 is 20.5 Å². The highest BCUT2D eigenvalue weighted by Crippen LogP contribution is 2.00. The molecule has 13 heavy (non-hydrogen) atoms. The molecule has 0 atom stereocenters. The van der Waals surface area contributed by atoms with E-state index in [2.05, 4.69) is 3.63 Å². The number of rotatable bonds is 6. The molecule has 0 aliphatic heterocycles. The molecule has 0 heterocycles. The number of hydrogen-bond donors (Lipinski definition) is 2. The lowest BCUT2D eigenvalue weighted by Crippen LogP contribution is -2.25. The molecule has 0 bridgehead atoms. The minimum atomic E-state index is -4.08. The highest BCUT2D eigenvalue weighted by Gasteiger charge is 2.20. The quantitative estimate of drug-likeness (QED) is 0.521. The van der Waals surface area contributed by atoms with Crippen LogP contribution < -0.4 is 11.5 Å². The first kappa shape index (κ1) is 12.8. The highest BCUT2D eigenvalue weighted by atomic mass is 32.3. The van der Waals surface area contributed by atoms with Gasteiger partial charge in [0.2, 0.25) is 0 Å². The first-order valence-corrected chi connectivity index (χ1v) is 6.55. The molecule has 80 valence electrons. The van der Waals surface area contributed by atoms with E-state index in [0.29, 0.717) is 0 Å². The zero-order valence-electron chi connectivity index (χ0n) is 6.84. The second kappa shape index (κ2) is 4.86. The van der Waals surface area contributed by atoms with Crippen LogP contribution in [0.15, 0.2) is 0 Å². The van der Waals surface area contributed by atoms with Gasteiger partial charge in [-0.3, -0.25) is 0 Å². The largest absolute Gasteiger partial charge is 0.329 e. The van der Waals surface area contributed by atoms with Crippen LogP contribution in [0.3, 0.4) is 0 Å². The molecule has 0 amide bonds. The number of nitrogens with two attached hydrogens (primary N) is 2. The summed E-state index contributed by atoms with van der Waals surface area (Å²) in [6.45, 7) is -0.388. The summed E-state index contributed by atoms with van der Waals surface area (Å²) < 4.78 is 47.1. The van der Waals surface area contributed by atoms with Gasteiger partial charge in [0.1, 0.15) is 0 Å². The second-order valence-electron chi connectivity index (χ2n) is 2.17. The van der Waals surface area contributed by atoms with E-state index in [9.17, 15) is 16.8 Å². The Morgan fingerprint density at radius 3 is 1.38 bits per heavy atom. The summed E-state index contributed by atoms with van der Waals surface area (Å²) in [4.78, 5) is 0. The molecule has 4 N–H and O–H groups in total. The smallest absolute Gasteiger partial charge is 0.283 e. The maximum Gasteiger partial charge on any atom is 0.283 e. The zero-order chi connectivity index (χ0) is 10.5. The first-order valence-electron chi connectivity index (χ1n) is 3.39. The fraction of sp³-hybridized carbons (Fsp3) is 1.00. The van der Waals surface area contributed by atoms with Crippen molar-refractivity contribution in [2.45, 2.75) is 0 Å². The average Bonchev–Trinajstić information content (AvgIpc) is 1.82. The van der Waals surface area contributed by atoms with Crippen LogP contribution in [0.1, 0.15) is 0 Å². The fourth-order valence-corrected chi connectivity index (χ4v) is 2.90. The Hall–Kier alpha value is -0.220. The van der Waals surface area contributed by atoms with Crippen LogP contribution in [0.25, 0.3) is 0 Å². The molecule has 7 nitrogen and oxygen atoms in total. The van der Waals surface area contributed by atoms with Gasteiger partial charge in [-0.25, -0.2) is 0 Å². The van der Waals surface area contributed by atoms with E-state index < -0.39 is 31.7 Å². The summed E-state index contributed by atoms with van der Waals surface area (Å²) in [5.41, 5.74) is 9.86. The topological polar surface area (TPSA) is 130 Å². The SMILES string of the molecule is NCCS(=O)(=O)OS(=O)(=O)CCN. The monoisotopic (exact) mass is 232 g/mol. The van der Waals surface area contributed by atoms with Crippen LogP contribution in [-0.2, 0) is 23.9 Å². The Balaban J connectivity index is 4.44. The van der Waals surface area contributed by atoms with Gasteiger partial charge >= 0.3 is 0 Å². The lowest BCUT2D eigenvalue weighted by Gasteiger charge is -2.03. The molecule has 0 unspecified atom stereocenters. The second-order valence-corrected chi connectivity index (χ2v) is 5.76. The van der Waals surface area contributed by atoms with Crippen molar-refractivity contribution in [1.29, 1.82) is 0 Å². The van der Waals surface area contributed by atoms with Gasteiger partial charge in [-0.15, -0.1) is 3.63 Å². The average molecular weight is 232 g/mol. The van der Waals surface area contributed by atoms with Gasteiger partial charge in [-0.05, 0) is 0 Å². The van der Waals surface area contributed by atoms with Crippen molar-refractivity contribution in [1.82, 2.24) is 0 Å². The van der Waals surface area contributed by atoms with E-state index in [4.69, 9.17) is 11.5 Å². The predicted octanol–water partition coefficient (Wildman–Crippen LogP) is -2.42. The van der Waals surface area contributed by atoms with E-state index in [1.165, 1.54) is 0 Å². The molecule has 9 heteroatoms. The van der Waals surface area contributed by atoms with E-state index in [1.54, 1.807) is 0 Å². The lowest BCUT2D eigenvalue weighted by atomic mass is 10.8. The molecule has 0 aliphatic carbocycles. The van der Waals surface area contributed by atoms with Crippen molar-refractivity contribution in [3.05, 3.63) is 0 Å². The highest BCUT2D eigenvalue weighted by molar-refractivity contribution is 7.99. The summed E-state index contributed by atoms with van der Waals surface area (Å²) in [5.74, 6) is -1.06. The molecule has 0 aromatic rings. The van der Waals surface area contributed by atoms with Gasteiger partial charge in [0.15, 0.2) is 0 Å². The van der Waals surface area contributed by atoms with E-state index in [0.717, 1.165) is 0 Å². The van der Waals surface area contributed by atoms with E-state index in [-0.39, 0.29) is 13.1 Å². The standard InChI is InChI=1S/C4H12N2O5S2/c5-1-3-12(7,8)11-13(9,10)4-2-6/h1-6H2. The Morgan fingerprint density at radius 2 is 1.15 bits per heavy atom. The molecular formula is C4H12N2O5S2. The molecule has 0 aliphatic rings. The fourth-order valence-electron chi connectivity index (χ4n) is 0.515. The van der Waals surface area contributed by atoms with Crippen molar-refractivity contribution in [3.8, 4) is 0 Å². The van der Waals surface area contributed by atoms with Crippen molar-refractivity contribution >= 4 is 20.2 Å². The molecule has 0 rings (SSSR count). The van der Waals surface area contributed by atoms with Crippen molar-refractivity contribution in [2.75, 3.05) is 24.6 Å². The third-order valence-corrected chi connectivity index (χ3v) is 4.07. The third-order valence-electron chi connectivity index (χ3n) is 0.943. The molecule has 0 fully saturated rings. The minimum Gasteiger partial charge on any atom is -0.329 e. The minimum absolute atomic E-state index is 0.194. The third kappa shape index (κ3) is 5.93. The molecule has 0 radical (unpaired) electrons. The van der Waals surface area contributed by atoms with Crippen LogP contribution in [-0.4, -0.2) is 41.4 Å². The first-order chi connectivity index (χ1) is 5.83. The molecule has 0 aromatic heterocycles. The van der Waals surface area contributed by atoms with Gasteiger partial charge in [-0.1, -0.05) is 0 Å². The summed E-state index contributed by atoms with van der Waals surface area (Å²) in [5, 5.41) is 0.